The maximum Gasteiger partial charge on any atom is 0.321 e. The van der Waals surface area contributed by atoms with Gasteiger partial charge in [-0.05, 0) is 48.4 Å². The molecule has 2 aromatic rings. The van der Waals surface area contributed by atoms with Crippen molar-refractivity contribution in [3.63, 3.8) is 0 Å². The van der Waals surface area contributed by atoms with Gasteiger partial charge in [0.2, 0.25) is 11.8 Å². The Balaban J connectivity index is 1.34. The largest absolute Gasteiger partial charge is 0.497 e. The molecule has 8 nitrogen and oxygen atoms in total. The maximum atomic E-state index is 12.7. The quantitative estimate of drug-likeness (QED) is 0.584. The second-order valence-corrected chi connectivity index (χ2v) is 9.02. The van der Waals surface area contributed by atoms with Crippen LogP contribution in [-0.4, -0.2) is 74.0 Å². The van der Waals surface area contributed by atoms with Crippen LogP contribution in [0.15, 0.2) is 41.8 Å². The van der Waals surface area contributed by atoms with Crippen molar-refractivity contribution in [3.8, 4) is 5.75 Å². The number of methoxy groups -OCH3 is 1. The van der Waals surface area contributed by atoms with E-state index in [0.717, 1.165) is 30.7 Å². The van der Waals surface area contributed by atoms with Crippen LogP contribution in [-0.2, 0) is 22.4 Å². The van der Waals surface area contributed by atoms with Crippen LogP contribution in [0.3, 0.4) is 0 Å². The Hall–Kier alpha value is -2.91. The van der Waals surface area contributed by atoms with E-state index in [1.54, 1.807) is 18.4 Å². The normalized spacial score (nSPS) is 14.4. The molecule has 0 spiro atoms. The number of imide groups is 1. The number of hydrogen-bond donors (Lipinski definition) is 2. The summed E-state index contributed by atoms with van der Waals surface area (Å²) in [6.07, 6.45) is 2.69. The molecule has 1 aromatic carbocycles. The molecule has 0 radical (unpaired) electrons. The van der Waals surface area contributed by atoms with Crippen LogP contribution in [0, 0.1) is 0 Å². The third-order valence-electron chi connectivity index (χ3n) is 5.59. The second kappa shape index (κ2) is 13.0. The number of benzene rings is 1. The summed E-state index contributed by atoms with van der Waals surface area (Å²) in [5.41, 5.74) is 1.10. The van der Waals surface area contributed by atoms with Gasteiger partial charge in [0.15, 0.2) is 0 Å². The first-order chi connectivity index (χ1) is 16.0. The Bertz CT molecular complexity index is 902. The topological polar surface area (TPSA) is 91.0 Å². The number of amides is 4. The lowest BCUT2D eigenvalue weighted by Gasteiger charge is -2.21. The van der Waals surface area contributed by atoms with Crippen molar-refractivity contribution in [2.75, 3.05) is 46.4 Å². The minimum Gasteiger partial charge on any atom is -0.497 e. The maximum absolute atomic E-state index is 12.7. The van der Waals surface area contributed by atoms with Crippen molar-refractivity contribution in [1.29, 1.82) is 0 Å². The summed E-state index contributed by atoms with van der Waals surface area (Å²) >= 11 is 1.64. The van der Waals surface area contributed by atoms with Crippen LogP contribution in [0.2, 0.25) is 0 Å². The van der Waals surface area contributed by atoms with Gasteiger partial charge in [-0.2, -0.15) is 0 Å². The summed E-state index contributed by atoms with van der Waals surface area (Å²) in [6, 6.07) is 11.3. The fourth-order valence-electron chi connectivity index (χ4n) is 3.75. The van der Waals surface area contributed by atoms with Crippen molar-refractivity contribution in [3.05, 3.63) is 52.2 Å². The van der Waals surface area contributed by atoms with Crippen molar-refractivity contribution < 1.29 is 19.1 Å². The van der Waals surface area contributed by atoms with E-state index in [0.29, 0.717) is 39.0 Å². The summed E-state index contributed by atoms with van der Waals surface area (Å²) in [5, 5.41) is 7.10. The highest BCUT2D eigenvalue weighted by molar-refractivity contribution is 7.09. The van der Waals surface area contributed by atoms with Crippen molar-refractivity contribution in [1.82, 2.24) is 20.4 Å². The molecule has 1 fully saturated rings. The first kappa shape index (κ1) is 24.7. The Labute approximate surface area is 198 Å². The number of carbonyl (C=O) groups is 3. The highest BCUT2D eigenvalue weighted by Gasteiger charge is 2.21. The number of nitrogens with zero attached hydrogens (tertiary/aromatic N) is 2. The fraction of sp³-hybridized carbons (Fsp3) is 0.458. The lowest BCUT2D eigenvalue weighted by Crippen LogP contribution is -2.45. The molecule has 2 N–H and O–H groups in total. The summed E-state index contributed by atoms with van der Waals surface area (Å²) in [4.78, 5) is 41.9. The van der Waals surface area contributed by atoms with E-state index in [9.17, 15) is 14.4 Å². The van der Waals surface area contributed by atoms with E-state index in [1.165, 1.54) is 4.88 Å². The number of hydrogen-bond acceptors (Lipinski definition) is 6. The number of carbonyl (C=O) groups excluding carboxylic acids is 3. The predicted octanol–water partition coefficient (Wildman–Crippen LogP) is 2.29. The molecule has 2 heterocycles. The van der Waals surface area contributed by atoms with E-state index < -0.39 is 6.03 Å². The summed E-state index contributed by atoms with van der Waals surface area (Å²) < 4.78 is 5.16. The number of nitrogens with one attached hydrogen (secondary N) is 2. The van der Waals surface area contributed by atoms with E-state index >= 15 is 0 Å². The van der Waals surface area contributed by atoms with Gasteiger partial charge in [0, 0.05) is 44.0 Å². The molecule has 0 aliphatic carbocycles. The molecule has 178 valence electrons. The molecular formula is C24H32N4O4S. The molecule has 3 rings (SSSR count). The molecule has 0 atom stereocenters. The van der Waals surface area contributed by atoms with Gasteiger partial charge < -0.3 is 15.0 Å². The lowest BCUT2D eigenvalue weighted by atomic mass is 10.1. The average Bonchev–Trinajstić information content (AvgIpc) is 3.22. The summed E-state index contributed by atoms with van der Waals surface area (Å²) in [6.45, 7) is 3.23. The van der Waals surface area contributed by atoms with Gasteiger partial charge in [-0.1, -0.05) is 18.2 Å². The van der Waals surface area contributed by atoms with Gasteiger partial charge in [-0.25, -0.2) is 4.79 Å². The van der Waals surface area contributed by atoms with Crippen molar-refractivity contribution >= 4 is 29.2 Å². The van der Waals surface area contributed by atoms with Crippen LogP contribution in [0.4, 0.5) is 4.79 Å². The Morgan fingerprint density at radius 1 is 1.03 bits per heavy atom. The highest BCUT2D eigenvalue weighted by Crippen LogP contribution is 2.14. The third kappa shape index (κ3) is 8.51. The average molecular weight is 473 g/mol. The highest BCUT2D eigenvalue weighted by atomic mass is 32.1. The molecule has 0 unspecified atom stereocenters. The molecule has 33 heavy (non-hydrogen) atoms. The number of urea groups is 1. The van der Waals surface area contributed by atoms with Crippen LogP contribution >= 0.6 is 11.3 Å². The van der Waals surface area contributed by atoms with Gasteiger partial charge in [0.25, 0.3) is 0 Å². The van der Waals surface area contributed by atoms with Gasteiger partial charge in [-0.15, -0.1) is 11.3 Å². The van der Waals surface area contributed by atoms with Crippen LogP contribution in [0.1, 0.15) is 23.3 Å². The number of thiophene rings is 1. The monoisotopic (exact) mass is 472 g/mol. The van der Waals surface area contributed by atoms with Gasteiger partial charge in [-0.3, -0.25) is 19.8 Å². The van der Waals surface area contributed by atoms with Crippen molar-refractivity contribution in [2.24, 2.45) is 0 Å². The molecule has 1 aliphatic rings. The van der Waals surface area contributed by atoms with Gasteiger partial charge in [0.05, 0.1) is 13.7 Å². The first-order valence-corrected chi connectivity index (χ1v) is 12.1. The Kier molecular flexibility index (Phi) is 9.71. The van der Waals surface area contributed by atoms with E-state index in [4.69, 9.17) is 4.74 Å². The van der Waals surface area contributed by atoms with E-state index in [1.807, 2.05) is 51.6 Å². The third-order valence-corrected chi connectivity index (χ3v) is 6.52. The van der Waals surface area contributed by atoms with Gasteiger partial charge >= 0.3 is 6.03 Å². The zero-order valence-electron chi connectivity index (χ0n) is 19.0. The number of rotatable bonds is 9. The second-order valence-electron chi connectivity index (χ2n) is 7.99. The SMILES string of the molecule is COc1ccc(CCC(=O)N2CCCN(CC(=O)NC(=O)NCCc3cccs3)CC2)cc1. The van der Waals surface area contributed by atoms with Crippen LogP contribution < -0.4 is 15.4 Å². The summed E-state index contributed by atoms with van der Waals surface area (Å²) in [5.74, 6) is 0.600. The predicted molar refractivity (Wildman–Crippen MR) is 129 cm³/mol. The molecule has 0 saturated carbocycles. The molecular weight excluding hydrogens is 440 g/mol. The molecule has 1 aliphatic heterocycles. The van der Waals surface area contributed by atoms with Gasteiger partial charge in [0.1, 0.15) is 5.75 Å². The molecule has 4 amide bonds. The molecule has 0 bridgehead atoms. The molecule has 9 heteroatoms. The van der Waals surface area contributed by atoms with Crippen molar-refractivity contribution in [2.45, 2.75) is 25.7 Å². The zero-order chi connectivity index (χ0) is 23.5. The standard InChI is InChI=1S/C24H32N4O4S/c1-32-20-8-5-19(6-9-20)7-10-23(30)28-14-3-13-27(15-16-28)18-22(29)26-24(31)25-12-11-21-4-2-17-33-21/h2,4-6,8-9,17H,3,7,10-16,18H2,1H3,(H2,25,26,29,31). The first-order valence-electron chi connectivity index (χ1n) is 11.3. The zero-order valence-corrected chi connectivity index (χ0v) is 19.9. The minimum absolute atomic E-state index is 0.127. The summed E-state index contributed by atoms with van der Waals surface area (Å²) in [7, 11) is 1.63. The fourth-order valence-corrected chi connectivity index (χ4v) is 4.46. The van der Waals surface area contributed by atoms with Crippen LogP contribution in [0.25, 0.3) is 0 Å². The smallest absolute Gasteiger partial charge is 0.321 e. The number of ether oxygens (including phenoxy) is 1. The Morgan fingerprint density at radius 3 is 2.58 bits per heavy atom. The van der Waals surface area contributed by atoms with Crippen LogP contribution in [0.5, 0.6) is 5.75 Å². The molecule has 1 aromatic heterocycles. The number of aryl methyl sites for hydroxylation is 1. The van der Waals surface area contributed by atoms with E-state index in [-0.39, 0.29) is 18.4 Å². The minimum atomic E-state index is -0.471. The Morgan fingerprint density at radius 2 is 1.85 bits per heavy atom. The molecule has 1 saturated heterocycles. The van der Waals surface area contributed by atoms with E-state index in [2.05, 4.69) is 10.6 Å². The lowest BCUT2D eigenvalue weighted by molar-refractivity contribution is -0.131.